The van der Waals surface area contributed by atoms with Gasteiger partial charge in [-0.3, -0.25) is 14.6 Å². The summed E-state index contributed by atoms with van der Waals surface area (Å²) >= 11 is 0. The number of nitrogens with zero attached hydrogens (tertiary/aromatic N) is 5. The highest BCUT2D eigenvalue weighted by Gasteiger charge is 2.27. The van der Waals surface area contributed by atoms with Gasteiger partial charge in [0.1, 0.15) is 18.2 Å². The maximum atomic E-state index is 12.0. The van der Waals surface area contributed by atoms with Crippen molar-refractivity contribution in [3.05, 3.63) is 89.6 Å². The number of fused-ring (bicyclic) bond motifs is 1. The number of carboxylic acids is 1. The fourth-order valence-corrected chi connectivity index (χ4v) is 4.69. The van der Waals surface area contributed by atoms with Crippen LogP contribution in [0.25, 0.3) is 0 Å². The van der Waals surface area contributed by atoms with E-state index in [1.807, 2.05) is 11.8 Å². The number of ether oxygens (including phenoxy) is 1. The topological polar surface area (TPSA) is 148 Å². The Kier molecular flexibility index (Phi) is 10.3. The summed E-state index contributed by atoms with van der Waals surface area (Å²) in [4.78, 5) is 48.6. The van der Waals surface area contributed by atoms with Gasteiger partial charge in [0.25, 0.3) is 0 Å². The molecule has 1 fully saturated rings. The number of aromatic carboxylic acids is 1. The Morgan fingerprint density at radius 2 is 1.77 bits per heavy atom. The summed E-state index contributed by atoms with van der Waals surface area (Å²) in [5.41, 5.74) is 3.33. The van der Waals surface area contributed by atoms with Gasteiger partial charge in [0.2, 0.25) is 11.9 Å². The third kappa shape index (κ3) is 8.07. The van der Waals surface area contributed by atoms with E-state index in [9.17, 15) is 14.4 Å². The van der Waals surface area contributed by atoms with Crippen molar-refractivity contribution in [3.63, 3.8) is 0 Å². The standard InChI is InChI=1S/C24H30N6O3.C7H6O3/c1-4-21(31)29-12-10-28(11-13-29)15-18-6-8-19(9-7-18)17(3)26-23-25-14-20-16-33-24(32)30(5-2)22(20)27-23;8-6-3-1-5(2-4-6)7(9)10/h4,6-9,14,17H,1,5,10-13,15-16H2,2-3H3,(H,25,26,27);1-4,8H,(H,9,10)/t17-;/m0./s1. The molecule has 1 aromatic heterocycles. The number of rotatable bonds is 8. The number of phenolic OH excluding ortho intramolecular Hbond substituents is 1. The molecule has 0 bridgehead atoms. The van der Waals surface area contributed by atoms with Crippen LogP contribution in [-0.4, -0.2) is 80.7 Å². The molecule has 2 aliphatic rings. The van der Waals surface area contributed by atoms with E-state index in [1.54, 1.807) is 6.20 Å². The monoisotopic (exact) mass is 588 g/mol. The third-order valence-electron chi connectivity index (χ3n) is 7.19. The molecule has 0 spiro atoms. The molecule has 1 saturated heterocycles. The van der Waals surface area contributed by atoms with E-state index in [0.29, 0.717) is 18.3 Å². The third-order valence-corrected chi connectivity index (χ3v) is 7.19. The first-order chi connectivity index (χ1) is 20.7. The van der Waals surface area contributed by atoms with Crippen LogP contribution < -0.4 is 10.2 Å². The number of amides is 2. The minimum Gasteiger partial charge on any atom is -0.508 e. The SMILES string of the molecule is C=CC(=O)N1CCN(Cc2ccc([C@H](C)Nc3ncc4c(n3)N(CC)C(=O)OC4)cc2)CC1.O=C(O)c1ccc(O)cc1. The van der Waals surface area contributed by atoms with Gasteiger partial charge in [-0.15, -0.1) is 0 Å². The number of phenols is 1. The summed E-state index contributed by atoms with van der Waals surface area (Å²) in [6.07, 6.45) is 2.71. The largest absolute Gasteiger partial charge is 0.508 e. The van der Waals surface area contributed by atoms with E-state index in [1.165, 1.54) is 40.8 Å². The van der Waals surface area contributed by atoms with Crippen molar-refractivity contribution in [3.8, 4) is 5.75 Å². The zero-order valence-electron chi connectivity index (χ0n) is 24.3. The fourth-order valence-electron chi connectivity index (χ4n) is 4.69. The van der Waals surface area contributed by atoms with E-state index in [-0.39, 0.29) is 36.0 Å². The van der Waals surface area contributed by atoms with Crippen molar-refractivity contribution in [2.45, 2.75) is 33.0 Å². The Bertz CT molecular complexity index is 1440. The Morgan fingerprint density at radius 3 is 2.37 bits per heavy atom. The number of piperazine rings is 1. The van der Waals surface area contributed by atoms with E-state index >= 15 is 0 Å². The molecule has 226 valence electrons. The summed E-state index contributed by atoms with van der Waals surface area (Å²) in [6, 6.07) is 13.9. The number of benzene rings is 2. The molecular weight excluding hydrogens is 552 g/mol. The van der Waals surface area contributed by atoms with Crippen molar-refractivity contribution in [1.82, 2.24) is 19.8 Å². The van der Waals surface area contributed by atoms with Crippen LogP contribution in [0.4, 0.5) is 16.6 Å². The fraction of sp³-hybridized carbons (Fsp3) is 0.323. The van der Waals surface area contributed by atoms with Crippen molar-refractivity contribution in [2.75, 3.05) is 42.9 Å². The molecule has 2 aromatic carbocycles. The molecule has 3 heterocycles. The minimum absolute atomic E-state index is 0.00354. The van der Waals surface area contributed by atoms with Crippen LogP contribution in [-0.2, 0) is 22.7 Å². The number of anilines is 2. The zero-order valence-corrected chi connectivity index (χ0v) is 24.3. The molecule has 0 saturated carbocycles. The quantitative estimate of drug-likeness (QED) is 0.329. The molecule has 43 heavy (non-hydrogen) atoms. The lowest BCUT2D eigenvalue weighted by Crippen LogP contribution is -2.47. The summed E-state index contributed by atoms with van der Waals surface area (Å²) in [7, 11) is 0. The number of carboxylic acid groups (broad SMARTS) is 1. The molecule has 0 aliphatic carbocycles. The first-order valence-corrected chi connectivity index (χ1v) is 14.0. The molecule has 0 radical (unpaired) electrons. The van der Waals surface area contributed by atoms with E-state index in [0.717, 1.165) is 43.9 Å². The average Bonchev–Trinajstić information content (AvgIpc) is 3.02. The van der Waals surface area contributed by atoms with Crippen LogP contribution in [0.15, 0.2) is 67.4 Å². The van der Waals surface area contributed by atoms with Crippen molar-refractivity contribution in [2.24, 2.45) is 0 Å². The predicted molar refractivity (Wildman–Crippen MR) is 161 cm³/mol. The maximum absolute atomic E-state index is 12.0. The number of nitrogens with one attached hydrogen (secondary N) is 1. The number of aromatic hydroxyl groups is 1. The normalized spacial score (nSPS) is 15.3. The number of hydrogen-bond donors (Lipinski definition) is 3. The van der Waals surface area contributed by atoms with Gasteiger partial charge >= 0.3 is 12.1 Å². The first-order valence-electron chi connectivity index (χ1n) is 14.0. The molecule has 0 unspecified atom stereocenters. The van der Waals surface area contributed by atoms with Gasteiger partial charge in [-0.05, 0) is 55.3 Å². The summed E-state index contributed by atoms with van der Waals surface area (Å²) in [5, 5.41) is 20.5. The zero-order chi connectivity index (χ0) is 30.9. The van der Waals surface area contributed by atoms with Crippen molar-refractivity contribution >= 4 is 29.7 Å². The molecule has 5 rings (SSSR count). The highest BCUT2D eigenvalue weighted by molar-refractivity contribution is 5.89. The van der Waals surface area contributed by atoms with Gasteiger partial charge in [0, 0.05) is 45.5 Å². The first kappa shape index (κ1) is 31.0. The second-order valence-electron chi connectivity index (χ2n) is 10.1. The lowest BCUT2D eigenvalue weighted by molar-refractivity contribution is -0.127. The van der Waals surface area contributed by atoms with Crippen LogP contribution in [0.1, 0.15) is 46.9 Å². The van der Waals surface area contributed by atoms with Crippen LogP contribution in [0, 0.1) is 0 Å². The van der Waals surface area contributed by atoms with Crippen molar-refractivity contribution < 1.29 is 29.3 Å². The van der Waals surface area contributed by atoms with Crippen LogP contribution in [0.5, 0.6) is 5.75 Å². The molecule has 3 N–H and O–H groups in total. The van der Waals surface area contributed by atoms with Gasteiger partial charge in [-0.2, -0.15) is 4.98 Å². The smallest absolute Gasteiger partial charge is 0.415 e. The van der Waals surface area contributed by atoms with E-state index < -0.39 is 5.97 Å². The predicted octanol–water partition coefficient (Wildman–Crippen LogP) is 4.05. The van der Waals surface area contributed by atoms with Gasteiger partial charge in [0.15, 0.2) is 0 Å². The molecule has 12 nitrogen and oxygen atoms in total. The van der Waals surface area contributed by atoms with Gasteiger partial charge in [-0.1, -0.05) is 30.8 Å². The minimum atomic E-state index is -0.986. The van der Waals surface area contributed by atoms with E-state index in [2.05, 4.69) is 58.0 Å². The molecule has 1 atom stereocenters. The number of cyclic esters (lactones) is 1. The average molecular weight is 589 g/mol. The lowest BCUT2D eigenvalue weighted by atomic mass is 10.1. The summed E-state index contributed by atoms with van der Waals surface area (Å²) < 4.78 is 5.15. The van der Waals surface area contributed by atoms with Gasteiger partial charge in [-0.25, -0.2) is 14.6 Å². The summed E-state index contributed by atoms with van der Waals surface area (Å²) in [5.74, 6) is 0.171. The Balaban J connectivity index is 0.000000359. The van der Waals surface area contributed by atoms with E-state index in [4.69, 9.17) is 14.9 Å². The Labute approximate surface area is 250 Å². The highest BCUT2D eigenvalue weighted by atomic mass is 16.6. The van der Waals surface area contributed by atoms with Gasteiger partial charge < -0.3 is 25.2 Å². The maximum Gasteiger partial charge on any atom is 0.415 e. The second-order valence-corrected chi connectivity index (χ2v) is 10.1. The number of aromatic nitrogens is 2. The second kappa shape index (κ2) is 14.3. The Morgan fingerprint density at radius 1 is 1.09 bits per heavy atom. The summed E-state index contributed by atoms with van der Waals surface area (Å²) in [6.45, 7) is 12.2. The van der Waals surface area contributed by atoms with Crippen LogP contribution >= 0.6 is 0 Å². The Hall–Kier alpha value is -4.97. The molecule has 3 aromatic rings. The highest BCUT2D eigenvalue weighted by Crippen LogP contribution is 2.26. The number of hydrogen-bond acceptors (Lipinski definition) is 9. The number of carbonyl (C=O) groups excluding carboxylic acids is 2. The lowest BCUT2D eigenvalue weighted by Gasteiger charge is -2.34. The van der Waals surface area contributed by atoms with Gasteiger partial charge in [0.05, 0.1) is 17.2 Å². The number of carbonyl (C=O) groups is 3. The van der Waals surface area contributed by atoms with Crippen LogP contribution in [0.3, 0.4) is 0 Å². The van der Waals surface area contributed by atoms with Crippen molar-refractivity contribution in [1.29, 1.82) is 0 Å². The molecule has 12 heteroatoms. The molecular formula is C31H36N6O6. The van der Waals surface area contributed by atoms with Crippen LogP contribution in [0.2, 0.25) is 0 Å². The molecule has 2 aliphatic heterocycles. The molecule has 2 amide bonds.